The average Bonchev–Trinajstić information content (AvgIpc) is 2.78. The van der Waals surface area contributed by atoms with Crippen molar-refractivity contribution < 1.29 is 23.8 Å². The maximum Gasteiger partial charge on any atom is 0.411 e. The molecule has 1 heterocycles. The third-order valence-electron chi connectivity index (χ3n) is 4.88. The number of carbonyl (C=O) groups excluding carboxylic acids is 2. The summed E-state index contributed by atoms with van der Waals surface area (Å²) in [6.07, 6.45) is 1.40. The summed E-state index contributed by atoms with van der Waals surface area (Å²) >= 11 is 0. The Morgan fingerprint density at radius 3 is 2.53 bits per heavy atom. The zero-order valence-corrected chi connectivity index (χ0v) is 17.0. The topological polar surface area (TPSA) is 112 Å². The summed E-state index contributed by atoms with van der Waals surface area (Å²) < 4.78 is 16.0. The Bertz CT molecular complexity index is 864. The van der Waals surface area contributed by atoms with Crippen molar-refractivity contribution >= 4 is 23.3 Å². The first-order chi connectivity index (χ1) is 14.6. The second kappa shape index (κ2) is 10.6. The van der Waals surface area contributed by atoms with E-state index in [4.69, 9.17) is 19.9 Å². The van der Waals surface area contributed by atoms with Crippen LogP contribution in [0.4, 0.5) is 16.2 Å². The molecule has 0 saturated carbocycles. The minimum absolute atomic E-state index is 0.115. The molecule has 0 spiro atoms. The van der Waals surface area contributed by atoms with Crippen molar-refractivity contribution in [1.82, 2.24) is 5.32 Å². The molecule has 0 unspecified atom stereocenters. The van der Waals surface area contributed by atoms with Crippen LogP contribution in [0.5, 0.6) is 5.75 Å². The third kappa shape index (κ3) is 5.71. The number of nitrogens with one attached hydrogen (secondary N) is 2. The van der Waals surface area contributed by atoms with Gasteiger partial charge in [0.05, 0.1) is 31.2 Å². The fourth-order valence-electron chi connectivity index (χ4n) is 3.25. The van der Waals surface area contributed by atoms with E-state index < -0.39 is 6.09 Å². The number of nitrogen functional groups attached to an aromatic ring is 1. The van der Waals surface area contributed by atoms with Crippen molar-refractivity contribution in [2.45, 2.75) is 18.9 Å². The summed E-state index contributed by atoms with van der Waals surface area (Å²) in [5, 5.41) is 5.86. The van der Waals surface area contributed by atoms with Crippen molar-refractivity contribution in [3.05, 3.63) is 53.6 Å². The standard InChI is InChI=1S/C22H27N3O5/c1-28-16-7-5-15(6-8-16)21(26)18-3-2-4-19(23)20(18)25-22(27)30-14-13-29-17-9-11-24-12-10-17/h2-8,17,24H,9-14,23H2,1H3,(H,25,27). The van der Waals surface area contributed by atoms with E-state index in [0.29, 0.717) is 17.9 Å². The molecule has 8 heteroatoms. The predicted octanol–water partition coefficient (Wildman–Crippen LogP) is 2.83. The van der Waals surface area contributed by atoms with Gasteiger partial charge in [-0.1, -0.05) is 6.07 Å². The zero-order chi connectivity index (χ0) is 21.3. The molecule has 160 valence electrons. The molecule has 0 aromatic heterocycles. The highest BCUT2D eigenvalue weighted by molar-refractivity contribution is 6.15. The van der Waals surface area contributed by atoms with E-state index in [0.717, 1.165) is 25.9 Å². The Balaban J connectivity index is 1.59. The molecule has 30 heavy (non-hydrogen) atoms. The first-order valence-corrected chi connectivity index (χ1v) is 9.92. The number of para-hydroxylation sites is 1. The van der Waals surface area contributed by atoms with E-state index in [1.54, 1.807) is 49.6 Å². The van der Waals surface area contributed by atoms with E-state index in [1.807, 2.05) is 0 Å². The Kier molecular flexibility index (Phi) is 7.64. The van der Waals surface area contributed by atoms with Crippen LogP contribution in [0, 0.1) is 0 Å². The number of rotatable bonds is 8. The molecule has 1 amide bonds. The highest BCUT2D eigenvalue weighted by atomic mass is 16.6. The molecule has 1 saturated heterocycles. The van der Waals surface area contributed by atoms with Gasteiger partial charge in [-0.15, -0.1) is 0 Å². The Morgan fingerprint density at radius 1 is 1.10 bits per heavy atom. The lowest BCUT2D eigenvalue weighted by Crippen LogP contribution is -2.33. The van der Waals surface area contributed by atoms with Crippen LogP contribution in [-0.2, 0) is 9.47 Å². The summed E-state index contributed by atoms with van der Waals surface area (Å²) in [7, 11) is 1.56. The first kappa shape index (κ1) is 21.6. The van der Waals surface area contributed by atoms with Gasteiger partial charge in [0.15, 0.2) is 5.78 Å². The number of piperidine rings is 1. The van der Waals surface area contributed by atoms with Crippen molar-refractivity contribution in [3.8, 4) is 5.75 Å². The lowest BCUT2D eigenvalue weighted by atomic mass is 10.0. The number of carbonyl (C=O) groups is 2. The molecule has 4 N–H and O–H groups in total. The second-order valence-corrected chi connectivity index (χ2v) is 6.91. The van der Waals surface area contributed by atoms with Gasteiger partial charge < -0.3 is 25.3 Å². The summed E-state index contributed by atoms with van der Waals surface area (Å²) in [5.41, 5.74) is 7.24. The molecule has 8 nitrogen and oxygen atoms in total. The second-order valence-electron chi connectivity index (χ2n) is 6.91. The van der Waals surface area contributed by atoms with Gasteiger partial charge in [0, 0.05) is 11.1 Å². The van der Waals surface area contributed by atoms with Gasteiger partial charge in [0.25, 0.3) is 0 Å². The van der Waals surface area contributed by atoms with Gasteiger partial charge in [-0.3, -0.25) is 10.1 Å². The summed E-state index contributed by atoms with van der Waals surface area (Å²) in [6.45, 7) is 2.30. The summed E-state index contributed by atoms with van der Waals surface area (Å²) in [5.74, 6) is 0.377. The van der Waals surface area contributed by atoms with Crippen LogP contribution in [0.15, 0.2) is 42.5 Å². The number of hydrogen-bond acceptors (Lipinski definition) is 7. The highest BCUT2D eigenvalue weighted by Gasteiger charge is 2.18. The lowest BCUT2D eigenvalue weighted by molar-refractivity contribution is 0.00934. The van der Waals surface area contributed by atoms with E-state index in [1.165, 1.54) is 0 Å². The average molecular weight is 413 g/mol. The quantitative estimate of drug-likeness (QED) is 0.347. The smallest absolute Gasteiger partial charge is 0.411 e. The molecule has 0 radical (unpaired) electrons. The molecule has 0 bridgehead atoms. The molecule has 3 rings (SSSR count). The minimum atomic E-state index is -0.689. The largest absolute Gasteiger partial charge is 0.497 e. The van der Waals surface area contributed by atoms with Gasteiger partial charge in [-0.05, 0) is 62.3 Å². The number of amides is 1. The lowest BCUT2D eigenvalue weighted by Gasteiger charge is -2.22. The maximum absolute atomic E-state index is 12.9. The molecule has 1 fully saturated rings. The third-order valence-corrected chi connectivity index (χ3v) is 4.88. The van der Waals surface area contributed by atoms with Crippen LogP contribution in [-0.4, -0.2) is 51.4 Å². The van der Waals surface area contributed by atoms with Gasteiger partial charge in [-0.2, -0.15) is 0 Å². The fourth-order valence-corrected chi connectivity index (χ4v) is 3.25. The van der Waals surface area contributed by atoms with Gasteiger partial charge in [-0.25, -0.2) is 4.79 Å². The highest BCUT2D eigenvalue weighted by Crippen LogP contribution is 2.27. The molecule has 1 aliphatic rings. The molecule has 1 aliphatic heterocycles. The number of benzene rings is 2. The number of ketones is 1. The van der Waals surface area contributed by atoms with E-state index in [-0.39, 0.29) is 35.4 Å². The number of methoxy groups -OCH3 is 1. The van der Waals surface area contributed by atoms with E-state index in [2.05, 4.69) is 10.6 Å². The normalized spacial score (nSPS) is 14.2. The van der Waals surface area contributed by atoms with Crippen LogP contribution < -0.4 is 21.1 Å². The summed E-state index contributed by atoms with van der Waals surface area (Å²) in [6, 6.07) is 11.6. The monoisotopic (exact) mass is 413 g/mol. The van der Waals surface area contributed by atoms with Gasteiger partial charge >= 0.3 is 6.09 Å². The first-order valence-electron chi connectivity index (χ1n) is 9.92. The maximum atomic E-state index is 12.9. The predicted molar refractivity (Wildman–Crippen MR) is 114 cm³/mol. The molecular weight excluding hydrogens is 386 g/mol. The van der Waals surface area contributed by atoms with Crippen LogP contribution >= 0.6 is 0 Å². The Hall–Kier alpha value is -3.10. The van der Waals surface area contributed by atoms with Crippen molar-refractivity contribution in [3.63, 3.8) is 0 Å². The fraction of sp³-hybridized carbons (Fsp3) is 0.364. The van der Waals surface area contributed by atoms with Crippen LogP contribution in [0.2, 0.25) is 0 Å². The van der Waals surface area contributed by atoms with E-state index in [9.17, 15) is 9.59 Å². The molecule has 2 aromatic rings. The van der Waals surface area contributed by atoms with E-state index >= 15 is 0 Å². The van der Waals surface area contributed by atoms with Crippen LogP contribution in [0.1, 0.15) is 28.8 Å². The number of nitrogens with two attached hydrogens (primary N) is 1. The van der Waals surface area contributed by atoms with Crippen molar-refractivity contribution in [1.29, 1.82) is 0 Å². The molecular formula is C22H27N3O5. The van der Waals surface area contributed by atoms with Gasteiger partial charge in [0.2, 0.25) is 0 Å². The number of ether oxygens (including phenoxy) is 3. The van der Waals surface area contributed by atoms with Crippen LogP contribution in [0.25, 0.3) is 0 Å². The van der Waals surface area contributed by atoms with Crippen molar-refractivity contribution in [2.75, 3.05) is 44.5 Å². The number of hydrogen-bond donors (Lipinski definition) is 3. The number of anilines is 2. The SMILES string of the molecule is COc1ccc(C(=O)c2cccc(N)c2NC(=O)OCCOC2CCNCC2)cc1. The minimum Gasteiger partial charge on any atom is -0.497 e. The van der Waals surface area contributed by atoms with Crippen LogP contribution in [0.3, 0.4) is 0 Å². The molecule has 0 atom stereocenters. The zero-order valence-electron chi connectivity index (χ0n) is 17.0. The molecule has 2 aromatic carbocycles. The van der Waals surface area contributed by atoms with Gasteiger partial charge in [0.1, 0.15) is 12.4 Å². The Labute approximate surface area is 175 Å². The Morgan fingerprint density at radius 2 is 1.83 bits per heavy atom. The molecule has 0 aliphatic carbocycles. The summed E-state index contributed by atoms with van der Waals surface area (Å²) in [4.78, 5) is 25.2. The van der Waals surface area contributed by atoms with Crippen molar-refractivity contribution in [2.24, 2.45) is 0 Å².